The average Bonchev–Trinajstić information content (AvgIpc) is 2.80. The quantitative estimate of drug-likeness (QED) is 0.319. The monoisotopic (exact) mass is 442 g/mol. The Morgan fingerprint density at radius 3 is 2.28 bits per heavy atom. The number of non-ortho nitro benzene ring substituents is 1. The normalized spacial score (nSPS) is 14.3. The molecule has 0 atom stereocenters. The number of amides is 1. The molecule has 1 fully saturated rings. The number of carbonyl (C=O) groups is 1. The summed E-state index contributed by atoms with van der Waals surface area (Å²) >= 11 is 0. The second-order valence-corrected chi connectivity index (χ2v) is 7.66. The Morgan fingerprint density at radius 1 is 1.09 bits per heavy atom. The van der Waals surface area contributed by atoms with Crippen LogP contribution in [0.4, 0.5) is 15.8 Å². The van der Waals surface area contributed by atoms with E-state index in [1.165, 1.54) is 29.2 Å². The molecule has 0 bridgehead atoms. The highest BCUT2D eigenvalue weighted by Gasteiger charge is 2.21. The number of piperazine rings is 1. The molecule has 0 radical (unpaired) electrons. The Morgan fingerprint density at radius 2 is 1.72 bits per heavy atom. The summed E-state index contributed by atoms with van der Waals surface area (Å²) in [6.07, 6.45) is 0. The van der Waals surface area contributed by atoms with E-state index < -0.39 is 4.92 Å². The maximum absolute atomic E-state index is 13.2. The minimum Gasteiger partial charge on any atom is -0.368 e. The molecular formula is C22H27FN6O3. The van der Waals surface area contributed by atoms with Gasteiger partial charge in [-0.05, 0) is 29.8 Å². The highest BCUT2D eigenvalue weighted by molar-refractivity contribution is 5.86. The number of anilines is 1. The van der Waals surface area contributed by atoms with Gasteiger partial charge in [0, 0.05) is 58.1 Å². The molecule has 1 aliphatic rings. The fraction of sp³-hybridized carbons (Fsp3) is 0.364. The van der Waals surface area contributed by atoms with Gasteiger partial charge < -0.3 is 20.0 Å². The zero-order valence-electron chi connectivity index (χ0n) is 18.2. The largest absolute Gasteiger partial charge is 0.368 e. The van der Waals surface area contributed by atoms with Gasteiger partial charge >= 0.3 is 0 Å². The summed E-state index contributed by atoms with van der Waals surface area (Å²) in [5.41, 5.74) is 1.83. The van der Waals surface area contributed by atoms with Crippen LogP contribution in [0.15, 0.2) is 53.5 Å². The molecule has 0 aromatic heterocycles. The molecule has 1 amide bonds. The zero-order chi connectivity index (χ0) is 23.1. The summed E-state index contributed by atoms with van der Waals surface area (Å²) in [6.45, 7) is 3.26. The van der Waals surface area contributed by atoms with Gasteiger partial charge in [0.1, 0.15) is 5.82 Å². The van der Waals surface area contributed by atoms with Gasteiger partial charge in [0.05, 0.1) is 18.0 Å². The number of nitrogens with one attached hydrogen (secondary N) is 1. The van der Waals surface area contributed by atoms with E-state index in [0.29, 0.717) is 25.6 Å². The van der Waals surface area contributed by atoms with Crippen LogP contribution in [0.25, 0.3) is 0 Å². The van der Waals surface area contributed by atoms with Crippen molar-refractivity contribution in [3.8, 4) is 0 Å². The Kier molecular flexibility index (Phi) is 7.58. The molecule has 2 aromatic carbocycles. The molecule has 0 saturated carbocycles. The number of carbonyl (C=O) groups excluding carboxylic acids is 1. The average molecular weight is 442 g/mol. The lowest BCUT2D eigenvalue weighted by atomic mass is 10.2. The summed E-state index contributed by atoms with van der Waals surface area (Å²) < 4.78 is 13.2. The number of nitro groups is 1. The smallest absolute Gasteiger partial charge is 0.269 e. The number of guanidine groups is 1. The van der Waals surface area contributed by atoms with Crippen LogP contribution in [0, 0.1) is 15.9 Å². The lowest BCUT2D eigenvalue weighted by molar-refractivity contribution is -0.384. The number of nitro benzene ring substituents is 1. The van der Waals surface area contributed by atoms with Gasteiger partial charge in [-0.3, -0.25) is 14.9 Å². The fourth-order valence-corrected chi connectivity index (χ4v) is 3.30. The van der Waals surface area contributed by atoms with Crippen molar-refractivity contribution in [3.63, 3.8) is 0 Å². The summed E-state index contributed by atoms with van der Waals surface area (Å²) in [6, 6.07) is 12.7. The van der Waals surface area contributed by atoms with Gasteiger partial charge in [0.15, 0.2) is 5.96 Å². The highest BCUT2D eigenvalue weighted by atomic mass is 19.1. The summed E-state index contributed by atoms with van der Waals surface area (Å²) in [7, 11) is 3.39. The number of aliphatic imine (C=N–C) groups is 1. The van der Waals surface area contributed by atoms with Gasteiger partial charge in [-0.15, -0.1) is 0 Å². The van der Waals surface area contributed by atoms with Crippen LogP contribution in [0.1, 0.15) is 5.56 Å². The third kappa shape index (κ3) is 6.16. The Labute approximate surface area is 186 Å². The van der Waals surface area contributed by atoms with Crippen LogP contribution in [0.3, 0.4) is 0 Å². The predicted molar refractivity (Wildman–Crippen MR) is 121 cm³/mol. The van der Waals surface area contributed by atoms with E-state index >= 15 is 0 Å². The third-order valence-corrected chi connectivity index (χ3v) is 5.23. The van der Waals surface area contributed by atoms with Crippen molar-refractivity contribution in [3.05, 3.63) is 70.0 Å². The fourth-order valence-electron chi connectivity index (χ4n) is 3.30. The molecule has 0 unspecified atom stereocenters. The summed E-state index contributed by atoms with van der Waals surface area (Å²) in [5.74, 6) is 0.276. The van der Waals surface area contributed by atoms with Gasteiger partial charge in [-0.2, -0.15) is 0 Å². The first-order valence-electron chi connectivity index (χ1n) is 10.3. The van der Waals surface area contributed by atoms with Crippen LogP contribution >= 0.6 is 0 Å². The third-order valence-electron chi connectivity index (χ3n) is 5.23. The number of hydrogen-bond donors (Lipinski definition) is 1. The lowest BCUT2D eigenvalue weighted by Gasteiger charge is -2.37. The number of halogens is 1. The minimum atomic E-state index is -0.437. The maximum atomic E-state index is 13.2. The van der Waals surface area contributed by atoms with Crippen molar-refractivity contribution in [2.45, 2.75) is 6.54 Å². The second-order valence-electron chi connectivity index (χ2n) is 7.66. The van der Waals surface area contributed by atoms with Gasteiger partial charge in [0.25, 0.3) is 5.69 Å². The van der Waals surface area contributed by atoms with Crippen molar-refractivity contribution >= 4 is 23.2 Å². The molecule has 32 heavy (non-hydrogen) atoms. The van der Waals surface area contributed by atoms with Gasteiger partial charge in [0.2, 0.25) is 5.91 Å². The zero-order valence-corrected chi connectivity index (χ0v) is 18.2. The molecule has 1 heterocycles. The molecular weight excluding hydrogens is 415 g/mol. The molecule has 170 valence electrons. The molecule has 1 N–H and O–H groups in total. The first-order chi connectivity index (χ1) is 15.3. The molecule has 0 spiro atoms. The molecule has 10 heteroatoms. The standard InChI is InChI=1S/C22H27FN6O3/c1-26(2)21(30)16-25-22(24-15-17-3-7-20(8-4-17)29(31)32)28-13-11-27(12-14-28)19-9-5-18(23)6-10-19/h3-10H,11-16H2,1-2H3,(H,24,25). The molecule has 1 saturated heterocycles. The molecule has 2 aromatic rings. The van der Waals surface area contributed by atoms with Gasteiger partial charge in [-0.25, -0.2) is 9.38 Å². The van der Waals surface area contributed by atoms with Crippen molar-refractivity contribution < 1.29 is 14.1 Å². The minimum absolute atomic E-state index is 0.0320. The van der Waals surface area contributed by atoms with E-state index in [0.717, 1.165) is 24.3 Å². The summed E-state index contributed by atoms with van der Waals surface area (Å²) in [5, 5.41) is 14.0. The lowest BCUT2D eigenvalue weighted by Crippen LogP contribution is -2.53. The van der Waals surface area contributed by atoms with E-state index in [-0.39, 0.29) is 24.0 Å². The first kappa shape index (κ1) is 23.0. The van der Waals surface area contributed by atoms with Crippen molar-refractivity contribution in [1.29, 1.82) is 0 Å². The van der Waals surface area contributed by atoms with Crippen molar-refractivity contribution in [2.75, 3.05) is 51.7 Å². The van der Waals surface area contributed by atoms with Crippen molar-refractivity contribution in [2.24, 2.45) is 4.99 Å². The number of nitrogens with zero attached hydrogens (tertiary/aromatic N) is 5. The molecule has 1 aliphatic heterocycles. The first-order valence-corrected chi connectivity index (χ1v) is 10.3. The van der Waals surface area contributed by atoms with Crippen molar-refractivity contribution in [1.82, 2.24) is 15.1 Å². The van der Waals surface area contributed by atoms with Crippen LogP contribution in [0.2, 0.25) is 0 Å². The van der Waals surface area contributed by atoms with Crippen LogP contribution < -0.4 is 10.2 Å². The van der Waals surface area contributed by atoms with E-state index in [1.54, 1.807) is 38.4 Å². The van der Waals surface area contributed by atoms with Crippen LogP contribution in [-0.2, 0) is 11.3 Å². The van der Waals surface area contributed by atoms with E-state index in [4.69, 9.17) is 0 Å². The maximum Gasteiger partial charge on any atom is 0.269 e. The number of hydrogen-bond acceptors (Lipinski definition) is 5. The SMILES string of the molecule is CN(C)C(=O)CNC(=NCc1ccc([N+](=O)[O-])cc1)N1CCN(c2ccc(F)cc2)CC1. The highest BCUT2D eigenvalue weighted by Crippen LogP contribution is 2.17. The summed E-state index contributed by atoms with van der Waals surface area (Å²) in [4.78, 5) is 32.9. The van der Waals surface area contributed by atoms with Crippen LogP contribution in [-0.4, -0.2) is 73.4 Å². The number of likely N-dealkylation sites (N-methyl/N-ethyl adjacent to an activating group) is 1. The van der Waals surface area contributed by atoms with E-state index in [2.05, 4.69) is 20.1 Å². The Bertz CT molecular complexity index is 955. The molecule has 3 rings (SSSR count). The second kappa shape index (κ2) is 10.6. The van der Waals surface area contributed by atoms with Crippen LogP contribution in [0.5, 0.6) is 0 Å². The molecule has 9 nitrogen and oxygen atoms in total. The number of rotatable bonds is 6. The Hall–Kier alpha value is -3.69. The Balaban J connectivity index is 1.68. The molecule has 0 aliphatic carbocycles. The topological polar surface area (TPSA) is 94.3 Å². The number of benzene rings is 2. The van der Waals surface area contributed by atoms with E-state index in [1.807, 2.05) is 0 Å². The van der Waals surface area contributed by atoms with E-state index in [9.17, 15) is 19.3 Å². The predicted octanol–water partition coefficient (Wildman–Crippen LogP) is 2.09. The van der Waals surface area contributed by atoms with Gasteiger partial charge in [-0.1, -0.05) is 12.1 Å².